The van der Waals surface area contributed by atoms with E-state index in [1.54, 1.807) is 6.07 Å². The second-order valence-electron chi connectivity index (χ2n) is 9.19. The van der Waals surface area contributed by atoms with Crippen LogP contribution in [0.1, 0.15) is 68.1 Å². The highest BCUT2D eigenvalue weighted by Gasteiger charge is 2.59. The molecule has 1 aliphatic carbocycles. The summed E-state index contributed by atoms with van der Waals surface area (Å²) < 4.78 is 109. The Morgan fingerprint density at radius 3 is 2.03 bits per heavy atom. The topological polar surface area (TPSA) is 9.23 Å². The number of benzene rings is 2. The molecule has 1 saturated carbocycles. The van der Waals surface area contributed by atoms with E-state index in [1.165, 1.54) is 6.07 Å². The van der Waals surface area contributed by atoms with Gasteiger partial charge in [0.1, 0.15) is 5.82 Å². The lowest BCUT2D eigenvalue weighted by molar-refractivity contribution is -0.305. The number of hydrogen-bond donors (Lipinski definition) is 0. The summed E-state index contributed by atoms with van der Waals surface area (Å²) in [7, 11) is 0. The van der Waals surface area contributed by atoms with E-state index in [0.717, 1.165) is 61.8 Å². The molecule has 0 bridgehead atoms. The highest BCUT2D eigenvalue weighted by molar-refractivity contribution is 5.30. The first-order valence-electron chi connectivity index (χ1n) is 11.7. The molecule has 0 aromatic heterocycles. The lowest BCUT2D eigenvalue weighted by atomic mass is 9.76. The zero-order chi connectivity index (χ0) is 25.8. The second-order valence-corrected chi connectivity index (χ2v) is 9.19. The van der Waals surface area contributed by atoms with Crippen LogP contribution in [0.2, 0.25) is 0 Å². The Kier molecular flexibility index (Phi) is 8.70. The Labute approximate surface area is 199 Å². The van der Waals surface area contributed by atoms with Crippen LogP contribution in [-0.2, 0) is 12.8 Å². The molecule has 2 aromatic carbocycles. The van der Waals surface area contributed by atoms with Gasteiger partial charge in [-0.15, -0.1) is 0 Å². The standard InChI is InChI=1S/C26H28F8O/c1-2-3-17-8-12-20(21(27)14-17)19-10-6-16(7-11-19)4-5-18-9-13-23(22(28)15-18)35-26(33,34)24(29)25(30,31)32/h8-9,12-16,19,24H,2-7,10-11H2,1H3. The highest BCUT2D eigenvalue weighted by atomic mass is 19.4. The van der Waals surface area contributed by atoms with Crippen molar-refractivity contribution in [2.45, 2.75) is 82.7 Å². The fourth-order valence-electron chi connectivity index (χ4n) is 4.65. The molecule has 194 valence electrons. The van der Waals surface area contributed by atoms with E-state index >= 15 is 0 Å². The Bertz CT molecular complexity index is 980. The molecule has 35 heavy (non-hydrogen) atoms. The average molecular weight is 508 g/mol. The van der Waals surface area contributed by atoms with Gasteiger partial charge in [-0.1, -0.05) is 31.5 Å². The zero-order valence-corrected chi connectivity index (χ0v) is 19.3. The van der Waals surface area contributed by atoms with Crippen LogP contribution >= 0.6 is 0 Å². The highest BCUT2D eigenvalue weighted by Crippen LogP contribution is 2.40. The van der Waals surface area contributed by atoms with Crippen molar-refractivity contribution in [3.05, 3.63) is 64.7 Å². The van der Waals surface area contributed by atoms with E-state index in [4.69, 9.17) is 0 Å². The summed E-state index contributed by atoms with van der Waals surface area (Å²) in [5, 5.41) is 0. The number of hydrogen-bond acceptors (Lipinski definition) is 1. The molecule has 1 nitrogen and oxygen atoms in total. The third kappa shape index (κ3) is 7.10. The van der Waals surface area contributed by atoms with Crippen LogP contribution in [0.25, 0.3) is 0 Å². The lowest BCUT2D eigenvalue weighted by Gasteiger charge is -2.29. The molecular formula is C26H28F8O. The van der Waals surface area contributed by atoms with Crippen molar-refractivity contribution in [3.8, 4) is 5.75 Å². The van der Waals surface area contributed by atoms with E-state index in [1.807, 2.05) is 19.1 Å². The van der Waals surface area contributed by atoms with Crippen molar-refractivity contribution in [2.24, 2.45) is 5.92 Å². The SMILES string of the molecule is CCCc1ccc(C2CCC(CCc3ccc(OC(F)(F)C(F)C(F)(F)F)c(F)c3)CC2)c(F)c1. The molecule has 0 heterocycles. The summed E-state index contributed by atoms with van der Waals surface area (Å²) in [6.45, 7) is 2.04. The van der Waals surface area contributed by atoms with Gasteiger partial charge in [-0.25, -0.2) is 13.2 Å². The van der Waals surface area contributed by atoms with E-state index in [0.29, 0.717) is 24.3 Å². The minimum atomic E-state index is -5.84. The Morgan fingerprint density at radius 2 is 1.46 bits per heavy atom. The third-order valence-electron chi connectivity index (χ3n) is 6.56. The Hall–Kier alpha value is -2.32. The molecule has 2 aromatic rings. The summed E-state index contributed by atoms with van der Waals surface area (Å²) >= 11 is 0. The number of halogens is 8. The largest absolute Gasteiger partial charge is 0.439 e. The number of alkyl halides is 6. The summed E-state index contributed by atoms with van der Waals surface area (Å²) in [6.07, 6.45) is -9.37. The smallest absolute Gasteiger partial charge is 0.427 e. The first kappa shape index (κ1) is 27.3. The van der Waals surface area contributed by atoms with Gasteiger partial charge in [-0.2, -0.15) is 22.0 Å². The predicted molar refractivity (Wildman–Crippen MR) is 116 cm³/mol. The minimum Gasteiger partial charge on any atom is -0.427 e. The fourth-order valence-corrected chi connectivity index (χ4v) is 4.65. The van der Waals surface area contributed by atoms with Gasteiger partial charge in [0, 0.05) is 0 Å². The molecule has 0 amide bonds. The normalized spacial score (nSPS) is 20.0. The van der Waals surface area contributed by atoms with E-state index in [9.17, 15) is 35.1 Å². The van der Waals surface area contributed by atoms with Crippen molar-refractivity contribution in [3.63, 3.8) is 0 Å². The molecule has 0 radical (unpaired) electrons. The summed E-state index contributed by atoms with van der Waals surface area (Å²) in [6, 6.07) is 8.42. The molecule has 1 atom stereocenters. The molecule has 1 aliphatic rings. The quantitative estimate of drug-likeness (QED) is 0.308. The van der Waals surface area contributed by atoms with Crippen molar-refractivity contribution in [1.29, 1.82) is 0 Å². The molecule has 0 N–H and O–H groups in total. The summed E-state index contributed by atoms with van der Waals surface area (Å²) in [4.78, 5) is 0. The number of aryl methyl sites for hydroxylation is 2. The molecule has 0 saturated heterocycles. The van der Waals surface area contributed by atoms with E-state index in [2.05, 4.69) is 4.74 Å². The molecule has 9 heteroatoms. The second kappa shape index (κ2) is 11.2. The van der Waals surface area contributed by atoms with Gasteiger partial charge in [0.15, 0.2) is 11.6 Å². The van der Waals surface area contributed by atoms with Crippen molar-refractivity contribution >= 4 is 0 Å². The predicted octanol–water partition coefficient (Wildman–Crippen LogP) is 8.70. The molecule has 3 rings (SSSR count). The van der Waals surface area contributed by atoms with Gasteiger partial charge in [0.2, 0.25) is 0 Å². The van der Waals surface area contributed by atoms with Gasteiger partial charge in [0.25, 0.3) is 6.17 Å². The van der Waals surface area contributed by atoms with Gasteiger partial charge >= 0.3 is 12.3 Å². The van der Waals surface area contributed by atoms with Crippen molar-refractivity contribution in [2.75, 3.05) is 0 Å². The van der Waals surface area contributed by atoms with Crippen molar-refractivity contribution < 1.29 is 39.9 Å². The van der Waals surface area contributed by atoms with Gasteiger partial charge in [0.05, 0.1) is 0 Å². The van der Waals surface area contributed by atoms with Gasteiger partial charge in [-0.3, -0.25) is 0 Å². The van der Waals surface area contributed by atoms with Crippen LogP contribution in [0.3, 0.4) is 0 Å². The molecule has 0 spiro atoms. The summed E-state index contributed by atoms with van der Waals surface area (Å²) in [5.41, 5.74) is 2.18. The molecule has 1 unspecified atom stereocenters. The van der Waals surface area contributed by atoms with Crippen molar-refractivity contribution in [1.82, 2.24) is 0 Å². The van der Waals surface area contributed by atoms with Crippen LogP contribution in [0.4, 0.5) is 35.1 Å². The molecular weight excluding hydrogens is 480 g/mol. The average Bonchev–Trinajstić information content (AvgIpc) is 2.79. The number of ether oxygens (including phenoxy) is 1. The minimum absolute atomic E-state index is 0.147. The maximum atomic E-state index is 14.5. The summed E-state index contributed by atoms with van der Waals surface area (Å²) in [5.74, 6) is -2.14. The maximum Gasteiger partial charge on any atom is 0.439 e. The van der Waals surface area contributed by atoms with E-state index < -0.39 is 30.0 Å². The monoisotopic (exact) mass is 508 g/mol. The van der Waals surface area contributed by atoms with Gasteiger partial charge < -0.3 is 4.74 Å². The first-order chi connectivity index (χ1) is 16.4. The van der Waals surface area contributed by atoms with E-state index in [-0.39, 0.29) is 11.7 Å². The van der Waals surface area contributed by atoms with Crippen LogP contribution < -0.4 is 4.74 Å². The maximum absolute atomic E-state index is 14.5. The van der Waals surface area contributed by atoms with Gasteiger partial charge in [-0.05, 0) is 91.7 Å². The van der Waals surface area contributed by atoms with Crippen LogP contribution in [0.15, 0.2) is 36.4 Å². The fraction of sp³-hybridized carbons (Fsp3) is 0.538. The number of rotatable bonds is 9. The third-order valence-corrected chi connectivity index (χ3v) is 6.56. The van der Waals surface area contributed by atoms with Crippen LogP contribution in [-0.4, -0.2) is 18.5 Å². The first-order valence-corrected chi connectivity index (χ1v) is 11.7. The lowest BCUT2D eigenvalue weighted by Crippen LogP contribution is -2.45. The molecule has 0 aliphatic heterocycles. The molecule has 1 fully saturated rings. The Balaban J connectivity index is 1.52. The Morgan fingerprint density at radius 1 is 0.857 bits per heavy atom. The van der Waals surface area contributed by atoms with Crippen LogP contribution in [0.5, 0.6) is 5.75 Å². The zero-order valence-electron chi connectivity index (χ0n) is 19.3. The van der Waals surface area contributed by atoms with Crippen LogP contribution in [0, 0.1) is 17.6 Å².